The molecule has 1 aromatic carbocycles. The molecule has 4 fully saturated rings. The molecule has 4 aliphatic carbocycles. The summed E-state index contributed by atoms with van der Waals surface area (Å²) >= 11 is 0. The van der Waals surface area contributed by atoms with Crippen LogP contribution in [0.1, 0.15) is 44.1 Å². The molecule has 4 bridgehead atoms. The second kappa shape index (κ2) is 3.91. The van der Waals surface area contributed by atoms with Gasteiger partial charge in [-0.25, -0.2) is 0 Å². The maximum absolute atomic E-state index is 6.49. The number of nitrogen functional groups attached to an aromatic ring is 1. The molecule has 0 atom stereocenters. The molecule has 19 heavy (non-hydrogen) atoms. The minimum atomic E-state index is 0.150. The van der Waals surface area contributed by atoms with Crippen molar-refractivity contribution in [3.8, 4) is 5.75 Å². The molecule has 0 saturated heterocycles. The second-order valence-electron chi connectivity index (χ2n) is 7.22. The summed E-state index contributed by atoms with van der Waals surface area (Å²) in [5, 5.41) is 0. The van der Waals surface area contributed by atoms with Crippen LogP contribution < -0.4 is 10.5 Å². The summed E-state index contributed by atoms with van der Waals surface area (Å²) < 4.78 is 6.49. The van der Waals surface area contributed by atoms with Crippen molar-refractivity contribution in [1.82, 2.24) is 0 Å². The number of rotatable bonds is 2. The van der Waals surface area contributed by atoms with Crippen LogP contribution >= 0.6 is 0 Å². The standard InChI is InChI=1S/C17H23NO/c1-11-4-15(2-3-16(11)18)19-17-8-12-5-13(9-17)7-14(6-12)10-17/h2-4,12-14H,5-10,18H2,1H3. The van der Waals surface area contributed by atoms with Gasteiger partial charge in [0.05, 0.1) is 0 Å². The normalized spacial score (nSPS) is 39.5. The quantitative estimate of drug-likeness (QED) is 0.815. The summed E-state index contributed by atoms with van der Waals surface area (Å²) in [5.74, 6) is 3.82. The molecule has 0 unspecified atom stereocenters. The predicted octanol–water partition coefficient (Wildman–Crippen LogP) is 3.92. The summed E-state index contributed by atoms with van der Waals surface area (Å²) in [5.41, 5.74) is 8.03. The molecular weight excluding hydrogens is 234 g/mol. The van der Waals surface area contributed by atoms with Crippen LogP contribution in [-0.2, 0) is 0 Å². The fraction of sp³-hybridized carbons (Fsp3) is 0.647. The first-order valence-corrected chi connectivity index (χ1v) is 7.67. The Morgan fingerprint density at radius 2 is 1.63 bits per heavy atom. The van der Waals surface area contributed by atoms with Gasteiger partial charge in [0.2, 0.25) is 0 Å². The van der Waals surface area contributed by atoms with Gasteiger partial charge in [-0.2, -0.15) is 0 Å². The highest BCUT2D eigenvalue weighted by Crippen LogP contribution is 2.57. The highest BCUT2D eigenvalue weighted by molar-refractivity contribution is 5.49. The van der Waals surface area contributed by atoms with Gasteiger partial charge < -0.3 is 10.5 Å². The van der Waals surface area contributed by atoms with E-state index in [1.165, 1.54) is 38.5 Å². The van der Waals surface area contributed by atoms with E-state index in [1.807, 2.05) is 12.1 Å². The minimum absolute atomic E-state index is 0.150. The molecule has 0 spiro atoms. The molecule has 0 aliphatic heterocycles. The van der Waals surface area contributed by atoms with Gasteiger partial charge in [0.1, 0.15) is 11.4 Å². The zero-order valence-electron chi connectivity index (χ0n) is 11.7. The van der Waals surface area contributed by atoms with E-state index in [-0.39, 0.29) is 5.60 Å². The first-order valence-electron chi connectivity index (χ1n) is 7.67. The van der Waals surface area contributed by atoms with Crippen molar-refractivity contribution < 1.29 is 4.74 Å². The number of benzene rings is 1. The van der Waals surface area contributed by atoms with E-state index < -0.39 is 0 Å². The molecule has 2 nitrogen and oxygen atoms in total. The van der Waals surface area contributed by atoms with Crippen molar-refractivity contribution in [2.75, 3.05) is 5.73 Å². The molecule has 5 rings (SSSR count). The largest absolute Gasteiger partial charge is 0.487 e. The van der Waals surface area contributed by atoms with Crippen LogP contribution in [0, 0.1) is 24.7 Å². The molecule has 0 radical (unpaired) electrons. The van der Waals surface area contributed by atoms with Gasteiger partial charge in [-0.15, -0.1) is 0 Å². The van der Waals surface area contributed by atoms with Gasteiger partial charge >= 0.3 is 0 Å². The van der Waals surface area contributed by atoms with Gasteiger partial charge in [-0.05, 0) is 87.0 Å². The number of aryl methyl sites for hydroxylation is 1. The lowest BCUT2D eigenvalue weighted by Crippen LogP contribution is -2.53. The average Bonchev–Trinajstić information content (AvgIpc) is 2.31. The van der Waals surface area contributed by atoms with E-state index in [1.54, 1.807) is 0 Å². The average molecular weight is 257 g/mol. The van der Waals surface area contributed by atoms with Crippen molar-refractivity contribution in [2.24, 2.45) is 17.8 Å². The zero-order valence-corrected chi connectivity index (χ0v) is 11.7. The number of nitrogens with two attached hydrogens (primary N) is 1. The van der Waals surface area contributed by atoms with Gasteiger partial charge in [-0.1, -0.05) is 0 Å². The van der Waals surface area contributed by atoms with Crippen molar-refractivity contribution in [2.45, 2.75) is 51.0 Å². The van der Waals surface area contributed by atoms with E-state index in [0.717, 1.165) is 34.8 Å². The fourth-order valence-corrected chi connectivity index (χ4v) is 5.12. The second-order valence-corrected chi connectivity index (χ2v) is 7.22. The highest BCUT2D eigenvalue weighted by atomic mass is 16.5. The van der Waals surface area contributed by atoms with Gasteiger partial charge in [0.25, 0.3) is 0 Å². The number of anilines is 1. The number of hydrogen-bond donors (Lipinski definition) is 1. The Hall–Kier alpha value is -1.18. The Kier molecular flexibility index (Phi) is 2.39. The first-order chi connectivity index (χ1) is 9.12. The molecule has 0 aromatic heterocycles. The Balaban J connectivity index is 1.60. The third-order valence-electron chi connectivity index (χ3n) is 5.56. The smallest absolute Gasteiger partial charge is 0.120 e. The fourth-order valence-electron chi connectivity index (χ4n) is 5.12. The number of hydrogen-bond acceptors (Lipinski definition) is 2. The number of ether oxygens (including phenoxy) is 1. The van der Waals surface area contributed by atoms with Crippen LogP contribution in [0.2, 0.25) is 0 Å². The Morgan fingerprint density at radius 1 is 1.05 bits per heavy atom. The molecular formula is C17H23NO. The van der Waals surface area contributed by atoms with Gasteiger partial charge in [0.15, 0.2) is 0 Å². The van der Waals surface area contributed by atoms with Crippen LogP contribution in [0.3, 0.4) is 0 Å². The monoisotopic (exact) mass is 257 g/mol. The molecule has 102 valence electrons. The van der Waals surface area contributed by atoms with E-state index in [0.29, 0.717) is 0 Å². The lowest BCUT2D eigenvalue weighted by molar-refractivity contribution is -0.107. The maximum Gasteiger partial charge on any atom is 0.120 e. The summed E-state index contributed by atoms with van der Waals surface area (Å²) in [7, 11) is 0. The van der Waals surface area contributed by atoms with Crippen LogP contribution in [0.5, 0.6) is 5.75 Å². The molecule has 0 heterocycles. The molecule has 4 aliphatic rings. The topological polar surface area (TPSA) is 35.2 Å². The van der Waals surface area contributed by atoms with Gasteiger partial charge in [-0.3, -0.25) is 0 Å². The third kappa shape index (κ3) is 1.92. The lowest BCUT2D eigenvalue weighted by Gasteiger charge is -2.56. The SMILES string of the molecule is Cc1cc(OC23CC4CC(CC(C4)C2)C3)ccc1N. The highest BCUT2D eigenvalue weighted by Gasteiger charge is 2.52. The van der Waals surface area contributed by atoms with Crippen LogP contribution in [0.15, 0.2) is 18.2 Å². The third-order valence-corrected chi connectivity index (χ3v) is 5.56. The van der Waals surface area contributed by atoms with Gasteiger partial charge in [0, 0.05) is 5.69 Å². The Labute approximate surface area is 115 Å². The summed E-state index contributed by atoms with van der Waals surface area (Å²) in [4.78, 5) is 0. The van der Waals surface area contributed by atoms with Crippen LogP contribution in [-0.4, -0.2) is 5.60 Å². The van der Waals surface area contributed by atoms with Crippen molar-refractivity contribution >= 4 is 5.69 Å². The molecule has 2 N–H and O–H groups in total. The molecule has 2 heteroatoms. The van der Waals surface area contributed by atoms with E-state index >= 15 is 0 Å². The molecule has 4 saturated carbocycles. The van der Waals surface area contributed by atoms with Crippen molar-refractivity contribution in [3.05, 3.63) is 23.8 Å². The zero-order chi connectivity index (χ0) is 13.0. The minimum Gasteiger partial charge on any atom is -0.487 e. The van der Waals surface area contributed by atoms with Crippen molar-refractivity contribution in [1.29, 1.82) is 0 Å². The van der Waals surface area contributed by atoms with E-state index in [4.69, 9.17) is 10.5 Å². The Morgan fingerprint density at radius 3 is 2.16 bits per heavy atom. The van der Waals surface area contributed by atoms with Crippen molar-refractivity contribution in [3.63, 3.8) is 0 Å². The summed E-state index contributed by atoms with van der Waals surface area (Å²) in [6.07, 6.45) is 8.23. The first kappa shape index (κ1) is 11.6. The maximum atomic E-state index is 6.49. The Bertz CT molecular complexity index is 473. The summed E-state index contributed by atoms with van der Waals surface area (Å²) in [6.45, 7) is 2.06. The van der Waals surface area contributed by atoms with E-state index in [2.05, 4.69) is 13.0 Å². The summed E-state index contributed by atoms with van der Waals surface area (Å²) in [6, 6.07) is 6.13. The molecule has 1 aromatic rings. The predicted molar refractivity (Wildman–Crippen MR) is 77.1 cm³/mol. The van der Waals surface area contributed by atoms with Crippen LogP contribution in [0.4, 0.5) is 5.69 Å². The van der Waals surface area contributed by atoms with E-state index in [9.17, 15) is 0 Å². The van der Waals surface area contributed by atoms with Crippen LogP contribution in [0.25, 0.3) is 0 Å². The lowest BCUT2D eigenvalue weighted by atomic mass is 9.54. The molecule has 0 amide bonds.